The molecule has 0 spiro atoms. The summed E-state index contributed by atoms with van der Waals surface area (Å²) >= 11 is 0. The van der Waals surface area contributed by atoms with Crippen molar-refractivity contribution in [3.63, 3.8) is 0 Å². The smallest absolute Gasteiger partial charge is 0.166 e. The lowest BCUT2D eigenvalue weighted by Gasteiger charge is -2.31. The molecule has 0 bridgehead atoms. The van der Waals surface area contributed by atoms with Gasteiger partial charge in [0.05, 0.1) is 0 Å². The number of benzene rings is 2. The first-order valence-corrected chi connectivity index (χ1v) is 9.04. The summed E-state index contributed by atoms with van der Waals surface area (Å²) in [6.45, 7) is 7.46. The SMILES string of the molecule is CC(C)c1ccc(CN2CCC(C(=O)c3ccccc3)CC2)cc1. The number of piperidine rings is 1. The fourth-order valence-corrected chi connectivity index (χ4v) is 3.46. The van der Waals surface area contributed by atoms with E-state index >= 15 is 0 Å². The van der Waals surface area contributed by atoms with Crippen molar-refractivity contribution in [3.8, 4) is 0 Å². The van der Waals surface area contributed by atoms with Crippen molar-refractivity contribution >= 4 is 5.78 Å². The Morgan fingerprint density at radius 3 is 2.21 bits per heavy atom. The molecule has 3 rings (SSSR count). The van der Waals surface area contributed by atoms with Crippen LogP contribution in [0.4, 0.5) is 0 Å². The molecule has 0 amide bonds. The molecule has 0 aromatic heterocycles. The van der Waals surface area contributed by atoms with Gasteiger partial charge in [-0.1, -0.05) is 68.4 Å². The summed E-state index contributed by atoms with van der Waals surface area (Å²) in [5.74, 6) is 1.09. The number of Topliss-reactive ketones (excluding diaryl/α,β-unsaturated/α-hetero) is 1. The maximum absolute atomic E-state index is 12.5. The van der Waals surface area contributed by atoms with E-state index in [0.29, 0.717) is 11.7 Å². The molecular weight excluding hydrogens is 294 g/mol. The number of hydrogen-bond donors (Lipinski definition) is 0. The zero-order valence-corrected chi connectivity index (χ0v) is 14.7. The molecule has 0 unspecified atom stereocenters. The minimum atomic E-state index is 0.187. The molecule has 1 fully saturated rings. The number of likely N-dealkylation sites (tertiary alicyclic amines) is 1. The van der Waals surface area contributed by atoms with E-state index in [1.165, 1.54) is 11.1 Å². The number of nitrogens with zero attached hydrogens (tertiary/aromatic N) is 1. The maximum Gasteiger partial charge on any atom is 0.166 e. The average Bonchev–Trinajstić information content (AvgIpc) is 2.63. The largest absolute Gasteiger partial charge is 0.299 e. The summed E-state index contributed by atoms with van der Waals surface area (Å²) in [5.41, 5.74) is 3.62. The first-order valence-electron chi connectivity index (χ1n) is 9.04. The molecule has 2 aromatic carbocycles. The molecule has 0 atom stereocenters. The van der Waals surface area contributed by atoms with Gasteiger partial charge in [-0.25, -0.2) is 0 Å². The number of ketones is 1. The Morgan fingerprint density at radius 1 is 1.00 bits per heavy atom. The Labute approximate surface area is 145 Å². The quantitative estimate of drug-likeness (QED) is 0.730. The summed E-state index contributed by atoms with van der Waals surface area (Å²) in [6, 6.07) is 18.7. The predicted molar refractivity (Wildman–Crippen MR) is 99.3 cm³/mol. The normalized spacial score (nSPS) is 16.5. The van der Waals surface area contributed by atoms with Gasteiger partial charge in [0.1, 0.15) is 0 Å². The Kier molecular flexibility index (Phi) is 5.47. The van der Waals surface area contributed by atoms with Crippen LogP contribution in [0, 0.1) is 5.92 Å². The third-order valence-corrected chi connectivity index (χ3v) is 5.07. The van der Waals surface area contributed by atoms with E-state index in [-0.39, 0.29) is 5.92 Å². The molecular formula is C22H27NO. The van der Waals surface area contributed by atoms with E-state index in [1.54, 1.807) is 0 Å². The van der Waals surface area contributed by atoms with E-state index in [2.05, 4.69) is 43.0 Å². The lowest BCUT2D eigenvalue weighted by Crippen LogP contribution is -2.35. The van der Waals surface area contributed by atoms with E-state index in [9.17, 15) is 4.79 Å². The van der Waals surface area contributed by atoms with Crippen molar-refractivity contribution in [2.45, 2.75) is 39.2 Å². The van der Waals surface area contributed by atoms with Crippen molar-refractivity contribution < 1.29 is 4.79 Å². The predicted octanol–water partition coefficient (Wildman–Crippen LogP) is 4.90. The first kappa shape index (κ1) is 16.9. The zero-order valence-electron chi connectivity index (χ0n) is 14.7. The van der Waals surface area contributed by atoms with Crippen molar-refractivity contribution in [1.82, 2.24) is 4.90 Å². The van der Waals surface area contributed by atoms with Gasteiger partial charge in [0.2, 0.25) is 0 Å². The van der Waals surface area contributed by atoms with Gasteiger partial charge in [0.15, 0.2) is 5.78 Å². The van der Waals surface area contributed by atoms with E-state index < -0.39 is 0 Å². The highest BCUT2D eigenvalue weighted by atomic mass is 16.1. The molecule has 1 saturated heterocycles. The summed E-state index contributed by atoms with van der Waals surface area (Å²) in [5, 5.41) is 0. The number of rotatable bonds is 5. The molecule has 1 heterocycles. The third kappa shape index (κ3) is 4.12. The van der Waals surface area contributed by atoms with Gasteiger partial charge >= 0.3 is 0 Å². The molecule has 1 aliphatic rings. The lowest BCUT2D eigenvalue weighted by molar-refractivity contribution is 0.0835. The molecule has 0 aliphatic carbocycles. The van der Waals surface area contributed by atoms with E-state index in [4.69, 9.17) is 0 Å². The summed E-state index contributed by atoms with van der Waals surface area (Å²) in [6.07, 6.45) is 1.94. The van der Waals surface area contributed by atoms with Crippen LogP contribution in [0.1, 0.15) is 54.1 Å². The Bertz CT molecular complexity index is 652. The highest BCUT2D eigenvalue weighted by molar-refractivity contribution is 5.97. The van der Waals surface area contributed by atoms with Crippen LogP contribution < -0.4 is 0 Å². The minimum Gasteiger partial charge on any atom is -0.299 e. The lowest BCUT2D eigenvalue weighted by atomic mass is 9.89. The molecule has 2 heteroatoms. The van der Waals surface area contributed by atoms with Crippen LogP contribution in [0.2, 0.25) is 0 Å². The van der Waals surface area contributed by atoms with Crippen LogP contribution in [-0.4, -0.2) is 23.8 Å². The summed E-state index contributed by atoms with van der Waals surface area (Å²) in [7, 11) is 0. The Hall–Kier alpha value is -1.93. The van der Waals surface area contributed by atoms with Crippen LogP contribution in [0.3, 0.4) is 0 Å². The molecule has 2 nitrogen and oxygen atoms in total. The van der Waals surface area contributed by atoms with Crippen molar-refractivity contribution in [1.29, 1.82) is 0 Å². The highest BCUT2D eigenvalue weighted by Crippen LogP contribution is 2.23. The van der Waals surface area contributed by atoms with Gasteiger partial charge in [-0.05, 0) is 43.0 Å². The standard InChI is InChI=1S/C22H27NO/c1-17(2)19-10-8-18(9-11-19)16-23-14-12-21(13-15-23)22(24)20-6-4-3-5-7-20/h3-11,17,21H,12-16H2,1-2H3. The zero-order chi connectivity index (χ0) is 16.9. The first-order chi connectivity index (χ1) is 11.6. The second-order valence-electron chi connectivity index (χ2n) is 7.18. The molecule has 0 N–H and O–H groups in total. The van der Waals surface area contributed by atoms with Crippen LogP contribution in [-0.2, 0) is 6.54 Å². The van der Waals surface area contributed by atoms with Crippen LogP contribution in [0.15, 0.2) is 54.6 Å². The topological polar surface area (TPSA) is 20.3 Å². The number of carbonyl (C=O) groups excluding carboxylic acids is 1. The number of carbonyl (C=O) groups is 1. The highest BCUT2D eigenvalue weighted by Gasteiger charge is 2.25. The second-order valence-corrected chi connectivity index (χ2v) is 7.18. The van der Waals surface area contributed by atoms with Crippen molar-refractivity contribution in [3.05, 3.63) is 71.3 Å². The average molecular weight is 321 g/mol. The number of hydrogen-bond acceptors (Lipinski definition) is 2. The van der Waals surface area contributed by atoms with Crippen molar-refractivity contribution in [2.75, 3.05) is 13.1 Å². The van der Waals surface area contributed by atoms with Crippen molar-refractivity contribution in [2.24, 2.45) is 5.92 Å². The molecule has 1 aliphatic heterocycles. The van der Waals surface area contributed by atoms with E-state index in [0.717, 1.165) is 38.0 Å². The van der Waals surface area contributed by atoms with Crippen LogP contribution in [0.5, 0.6) is 0 Å². The fourth-order valence-electron chi connectivity index (χ4n) is 3.46. The van der Waals surface area contributed by atoms with E-state index in [1.807, 2.05) is 30.3 Å². The second kappa shape index (κ2) is 7.76. The Balaban J connectivity index is 1.52. The minimum absolute atomic E-state index is 0.187. The molecule has 0 radical (unpaired) electrons. The fraction of sp³-hybridized carbons (Fsp3) is 0.409. The monoisotopic (exact) mass is 321 g/mol. The molecule has 24 heavy (non-hydrogen) atoms. The van der Waals surface area contributed by atoms with Gasteiger partial charge in [-0.15, -0.1) is 0 Å². The van der Waals surface area contributed by atoms with Gasteiger partial charge in [0, 0.05) is 18.0 Å². The van der Waals surface area contributed by atoms with Gasteiger partial charge < -0.3 is 0 Å². The third-order valence-electron chi connectivity index (χ3n) is 5.07. The molecule has 2 aromatic rings. The molecule has 0 saturated carbocycles. The van der Waals surface area contributed by atoms with Gasteiger partial charge in [0.25, 0.3) is 0 Å². The molecule has 126 valence electrons. The van der Waals surface area contributed by atoms with Crippen LogP contribution in [0.25, 0.3) is 0 Å². The van der Waals surface area contributed by atoms with Gasteiger partial charge in [-0.3, -0.25) is 9.69 Å². The summed E-state index contributed by atoms with van der Waals surface area (Å²) < 4.78 is 0. The summed E-state index contributed by atoms with van der Waals surface area (Å²) in [4.78, 5) is 15.0. The van der Waals surface area contributed by atoms with Gasteiger partial charge in [-0.2, -0.15) is 0 Å². The maximum atomic E-state index is 12.5. The Morgan fingerprint density at radius 2 is 1.62 bits per heavy atom. The van der Waals surface area contributed by atoms with Crippen LogP contribution >= 0.6 is 0 Å².